The Labute approximate surface area is 381 Å². The van der Waals surface area contributed by atoms with Crippen LogP contribution >= 0.6 is 0 Å². The smallest absolute Gasteiger partial charge is 0.0726 e. The molecule has 0 radical (unpaired) electrons. The van der Waals surface area contributed by atoms with Crippen molar-refractivity contribution in [2.24, 2.45) is 0 Å². The number of hydrogen-bond acceptors (Lipinski definition) is 1. The van der Waals surface area contributed by atoms with Crippen molar-refractivity contribution in [2.75, 3.05) is 4.90 Å². The van der Waals surface area contributed by atoms with Gasteiger partial charge in [0.15, 0.2) is 0 Å². The topological polar surface area (TPSA) is 3.24 Å². The summed E-state index contributed by atoms with van der Waals surface area (Å²) in [6, 6.07) is 88.9. The molecule has 306 valence electrons. The number of para-hydroxylation sites is 1. The Morgan fingerprint density at radius 1 is 0.277 bits per heavy atom. The number of rotatable bonds is 4. The van der Waals surface area contributed by atoms with Gasteiger partial charge in [0, 0.05) is 22.2 Å². The van der Waals surface area contributed by atoms with Crippen molar-refractivity contribution in [1.82, 2.24) is 0 Å². The molecule has 1 nitrogen and oxygen atoms in total. The highest BCUT2D eigenvalue weighted by Crippen LogP contribution is 2.63. The summed E-state index contributed by atoms with van der Waals surface area (Å²) in [4.78, 5) is 2.58. The monoisotopic (exact) mass is 827 g/mol. The zero-order valence-electron chi connectivity index (χ0n) is 36.5. The van der Waals surface area contributed by atoms with E-state index in [1.165, 1.54) is 100 Å². The van der Waals surface area contributed by atoms with E-state index in [2.05, 4.69) is 255 Å². The van der Waals surface area contributed by atoms with Gasteiger partial charge in [0.2, 0.25) is 0 Å². The van der Waals surface area contributed by atoms with Gasteiger partial charge in [-0.15, -0.1) is 0 Å². The van der Waals surface area contributed by atoms with E-state index in [0.29, 0.717) is 0 Å². The van der Waals surface area contributed by atoms with Gasteiger partial charge in [0.25, 0.3) is 0 Å². The minimum Gasteiger partial charge on any atom is -0.309 e. The predicted molar refractivity (Wildman–Crippen MR) is 271 cm³/mol. The first-order valence-electron chi connectivity index (χ1n) is 22.9. The second kappa shape index (κ2) is 14.3. The van der Waals surface area contributed by atoms with E-state index in [4.69, 9.17) is 0 Å². The van der Waals surface area contributed by atoms with Gasteiger partial charge >= 0.3 is 0 Å². The molecular formula is C64H45N. The molecule has 65 heavy (non-hydrogen) atoms. The standard InChI is InChI=1S/C64H45N/c1-63(2)54-32-15-10-28-49(54)52-40-39-43(41-59(52)63)65(60-37-19-14-23-44(60)42-21-4-3-5-22-42)61-38-20-36-58-62(61)53-31-9-8-26-47(53)45-24-6-7-25-46(45)48-27-11-16-33-55(48)64(58)56-34-17-12-29-50(56)51-30-13-18-35-57(51)64/h3-41H,1-2H3. The van der Waals surface area contributed by atoms with E-state index < -0.39 is 5.41 Å². The molecule has 0 heterocycles. The summed E-state index contributed by atoms with van der Waals surface area (Å²) in [5, 5.41) is 0. The molecule has 10 aromatic carbocycles. The van der Waals surface area contributed by atoms with E-state index >= 15 is 0 Å². The van der Waals surface area contributed by atoms with Gasteiger partial charge in [-0.3, -0.25) is 0 Å². The average Bonchev–Trinajstić information content (AvgIpc) is 3.80. The fourth-order valence-electron chi connectivity index (χ4n) is 12.0. The van der Waals surface area contributed by atoms with Crippen LogP contribution in [-0.2, 0) is 10.8 Å². The molecule has 3 aliphatic carbocycles. The van der Waals surface area contributed by atoms with E-state index in [1.807, 2.05) is 0 Å². The maximum atomic E-state index is 2.58. The zero-order chi connectivity index (χ0) is 43.3. The number of benzene rings is 10. The lowest BCUT2D eigenvalue weighted by Crippen LogP contribution is -2.30. The molecule has 0 aromatic heterocycles. The largest absolute Gasteiger partial charge is 0.309 e. The quantitative estimate of drug-likeness (QED) is 0.171. The van der Waals surface area contributed by atoms with Crippen molar-refractivity contribution in [1.29, 1.82) is 0 Å². The highest BCUT2D eigenvalue weighted by Gasteiger charge is 2.49. The number of nitrogens with zero attached hydrogens (tertiary/aromatic N) is 1. The SMILES string of the molecule is CC1(C)c2ccccc2-c2ccc(N(c3ccccc3-c3ccccc3)c3cccc4c3-c3ccccc3-c3ccccc3-c3ccccc3C43c4ccccc4-c4ccccc43)cc21. The Morgan fingerprint density at radius 3 is 1.29 bits per heavy atom. The second-order valence-corrected chi connectivity index (χ2v) is 18.3. The van der Waals surface area contributed by atoms with E-state index in [9.17, 15) is 0 Å². The highest BCUT2D eigenvalue weighted by molar-refractivity contribution is 6.04. The minimum atomic E-state index is -0.675. The maximum absolute atomic E-state index is 2.58. The predicted octanol–water partition coefficient (Wildman–Crippen LogP) is 16.8. The van der Waals surface area contributed by atoms with E-state index in [0.717, 1.165) is 17.1 Å². The minimum absolute atomic E-state index is 0.183. The molecule has 0 bridgehead atoms. The van der Waals surface area contributed by atoms with Crippen molar-refractivity contribution < 1.29 is 0 Å². The molecule has 0 aliphatic heterocycles. The van der Waals surface area contributed by atoms with Crippen LogP contribution in [0.5, 0.6) is 0 Å². The third-order valence-electron chi connectivity index (χ3n) is 14.7. The van der Waals surface area contributed by atoms with Crippen molar-refractivity contribution in [3.63, 3.8) is 0 Å². The van der Waals surface area contributed by atoms with Gasteiger partial charge in [-0.1, -0.05) is 226 Å². The zero-order valence-corrected chi connectivity index (χ0v) is 36.5. The number of anilines is 3. The Kier molecular flexibility index (Phi) is 8.24. The molecule has 0 N–H and O–H groups in total. The van der Waals surface area contributed by atoms with Crippen LogP contribution in [0.2, 0.25) is 0 Å². The number of fused-ring (bicyclic) bond motifs is 17. The van der Waals surface area contributed by atoms with Gasteiger partial charge in [-0.25, -0.2) is 0 Å². The Balaban J connectivity index is 1.22. The van der Waals surface area contributed by atoms with Crippen LogP contribution in [0, 0.1) is 0 Å². The molecule has 0 saturated heterocycles. The molecular weight excluding hydrogens is 783 g/mol. The molecule has 0 saturated carbocycles. The van der Waals surface area contributed by atoms with Crippen LogP contribution in [0.4, 0.5) is 17.1 Å². The summed E-state index contributed by atoms with van der Waals surface area (Å²) in [7, 11) is 0. The molecule has 0 amide bonds. The van der Waals surface area contributed by atoms with E-state index in [1.54, 1.807) is 0 Å². The van der Waals surface area contributed by atoms with Crippen molar-refractivity contribution in [3.8, 4) is 66.8 Å². The summed E-state index contributed by atoms with van der Waals surface area (Å²) in [5.74, 6) is 0. The van der Waals surface area contributed by atoms with Crippen molar-refractivity contribution >= 4 is 17.1 Å². The lowest BCUT2D eigenvalue weighted by Gasteiger charge is -2.39. The normalized spacial score (nSPS) is 13.9. The lowest BCUT2D eigenvalue weighted by molar-refractivity contribution is 0.660. The van der Waals surface area contributed by atoms with Crippen LogP contribution in [0.3, 0.4) is 0 Å². The highest BCUT2D eigenvalue weighted by atomic mass is 15.1. The molecule has 3 aliphatic rings. The van der Waals surface area contributed by atoms with Crippen LogP contribution < -0.4 is 4.90 Å². The van der Waals surface area contributed by atoms with E-state index in [-0.39, 0.29) is 5.41 Å². The van der Waals surface area contributed by atoms with Gasteiger partial charge in [0.1, 0.15) is 0 Å². The molecule has 0 unspecified atom stereocenters. The Hall–Kier alpha value is -8.00. The first-order valence-corrected chi connectivity index (χ1v) is 22.9. The molecule has 10 aromatic rings. The summed E-state index contributed by atoms with van der Waals surface area (Å²) >= 11 is 0. The van der Waals surface area contributed by atoms with Gasteiger partial charge in [-0.05, 0) is 113 Å². The van der Waals surface area contributed by atoms with Crippen LogP contribution in [0.1, 0.15) is 47.2 Å². The lowest BCUT2D eigenvalue weighted by atomic mass is 9.64. The van der Waals surface area contributed by atoms with Gasteiger partial charge < -0.3 is 4.90 Å². The Morgan fingerprint density at radius 2 is 0.677 bits per heavy atom. The van der Waals surface area contributed by atoms with Crippen LogP contribution in [0.15, 0.2) is 237 Å². The Bertz CT molecular complexity index is 3490. The molecule has 0 atom stereocenters. The first kappa shape index (κ1) is 37.5. The van der Waals surface area contributed by atoms with Crippen molar-refractivity contribution in [3.05, 3.63) is 270 Å². The summed E-state index contributed by atoms with van der Waals surface area (Å²) in [5.41, 5.74) is 25.3. The average molecular weight is 828 g/mol. The van der Waals surface area contributed by atoms with Gasteiger partial charge in [0.05, 0.1) is 16.8 Å². The summed E-state index contributed by atoms with van der Waals surface area (Å²) < 4.78 is 0. The second-order valence-electron chi connectivity index (χ2n) is 18.3. The molecule has 13 rings (SSSR count). The third kappa shape index (κ3) is 5.27. The number of hydrogen-bond donors (Lipinski definition) is 0. The molecule has 1 spiro atoms. The summed E-state index contributed by atoms with van der Waals surface area (Å²) in [6.45, 7) is 4.77. The fourth-order valence-corrected chi connectivity index (χ4v) is 12.0. The van der Waals surface area contributed by atoms with Crippen LogP contribution in [0.25, 0.3) is 66.8 Å². The van der Waals surface area contributed by atoms with Crippen LogP contribution in [-0.4, -0.2) is 0 Å². The third-order valence-corrected chi connectivity index (χ3v) is 14.7. The molecule has 1 heteroatoms. The summed E-state index contributed by atoms with van der Waals surface area (Å²) in [6.07, 6.45) is 0. The van der Waals surface area contributed by atoms with Crippen molar-refractivity contribution in [2.45, 2.75) is 24.7 Å². The van der Waals surface area contributed by atoms with Gasteiger partial charge in [-0.2, -0.15) is 0 Å². The maximum Gasteiger partial charge on any atom is 0.0726 e. The fraction of sp³-hybridized carbons (Fsp3) is 0.0625. The molecule has 0 fully saturated rings. The first-order chi connectivity index (χ1) is 32.0.